The predicted molar refractivity (Wildman–Crippen MR) is 83.7 cm³/mol. The molecule has 1 aliphatic carbocycles. The summed E-state index contributed by atoms with van der Waals surface area (Å²) in [7, 11) is 0. The summed E-state index contributed by atoms with van der Waals surface area (Å²) in [5, 5.41) is 1.06. The molecule has 3 N–H and O–H groups in total. The van der Waals surface area contributed by atoms with Crippen molar-refractivity contribution >= 4 is 27.5 Å². The van der Waals surface area contributed by atoms with Gasteiger partial charge in [-0.05, 0) is 38.7 Å². The monoisotopic (exact) mass is 300 g/mol. The van der Waals surface area contributed by atoms with Crippen molar-refractivity contribution in [2.45, 2.75) is 32.6 Å². The average Bonchev–Trinajstić information content (AvgIpc) is 3.08. The number of hydrogen-bond donors (Lipinski definition) is 2. The number of aromatic nitrogens is 4. The first-order valence-electron chi connectivity index (χ1n) is 7.06. The summed E-state index contributed by atoms with van der Waals surface area (Å²) in [5.74, 6) is 6.82. The second-order valence-electron chi connectivity index (χ2n) is 5.31. The van der Waals surface area contributed by atoms with Crippen LogP contribution in [0.4, 0.5) is 5.95 Å². The molecule has 0 atom stereocenters. The Morgan fingerprint density at radius 2 is 2.14 bits per heavy atom. The van der Waals surface area contributed by atoms with E-state index in [9.17, 15) is 0 Å². The van der Waals surface area contributed by atoms with Crippen LogP contribution in [0, 0.1) is 6.92 Å². The number of nitrogens with one attached hydrogen (secondary N) is 1. The van der Waals surface area contributed by atoms with Crippen molar-refractivity contribution in [3.63, 3.8) is 0 Å². The fraction of sp³-hybridized carbons (Fsp3) is 0.357. The Balaban J connectivity index is 1.98. The van der Waals surface area contributed by atoms with Gasteiger partial charge in [0.1, 0.15) is 11.2 Å². The number of aryl methyl sites for hydroxylation is 2. The van der Waals surface area contributed by atoms with Gasteiger partial charge in [0, 0.05) is 10.6 Å². The molecule has 3 aromatic heterocycles. The third-order valence-electron chi connectivity index (χ3n) is 3.88. The van der Waals surface area contributed by atoms with Crippen molar-refractivity contribution in [2.24, 2.45) is 5.84 Å². The van der Waals surface area contributed by atoms with E-state index in [2.05, 4.69) is 37.9 Å². The van der Waals surface area contributed by atoms with Gasteiger partial charge >= 0.3 is 0 Å². The summed E-state index contributed by atoms with van der Waals surface area (Å²) in [4.78, 5) is 15.7. The molecule has 0 unspecified atom stereocenters. The van der Waals surface area contributed by atoms with Gasteiger partial charge in [-0.1, -0.05) is 0 Å². The van der Waals surface area contributed by atoms with Gasteiger partial charge < -0.3 is 0 Å². The van der Waals surface area contributed by atoms with E-state index in [4.69, 9.17) is 5.84 Å². The van der Waals surface area contributed by atoms with Crippen LogP contribution in [0.5, 0.6) is 0 Å². The minimum atomic E-state index is 0.442. The zero-order valence-corrected chi connectivity index (χ0v) is 12.6. The summed E-state index contributed by atoms with van der Waals surface area (Å²) in [5.41, 5.74) is 5.03. The van der Waals surface area contributed by atoms with Gasteiger partial charge in [-0.15, -0.1) is 11.3 Å². The lowest BCUT2D eigenvalue weighted by Crippen LogP contribution is -2.13. The Labute approximate surface area is 126 Å². The van der Waals surface area contributed by atoms with Crippen LogP contribution in [-0.4, -0.2) is 19.5 Å². The maximum Gasteiger partial charge on any atom is 0.240 e. The first kappa shape index (κ1) is 12.7. The zero-order valence-electron chi connectivity index (χ0n) is 11.8. The molecule has 0 saturated carbocycles. The molecular formula is C14H16N6S. The lowest BCUT2D eigenvalue weighted by molar-refractivity contribution is 0.654. The molecule has 0 aliphatic heterocycles. The smallest absolute Gasteiger partial charge is 0.240 e. The number of hydrazine groups is 1. The number of fused-ring (bicyclic) bond motifs is 2. The van der Waals surface area contributed by atoms with E-state index in [0.717, 1.165) is 28.9 Å². The SMILES string of the molecule is Cc1cc2c(-n3cnc4c3CCCC4)nc(NN)nc2s1. The van der Waals surface area contributed by atoms with Crippen molar-refractivity contribution in [1.82, 2.24) is 19.5 Å². The normalized spacial score (nSPS) is 14.4. The number of anilines is 1. The van der Waals surface area contributed by atoms with Crippen molar-refractivity contribution in [1.29, 1.82) is 0 Å². The Morgan fingerprint density at radius 3 is 3.00 bits per heavy atom. The highest BCUT2D eigenvalue weighted by molar-refractivity contribution is 7.18. The first-order valence-corrected chi connectivity index (χ1v) is 7.88. The lowest BCUT2D eigenvalue weighted by atomic mass is 10.0. The number of imidazole rings is 1. The summed E-state index contributed by atoms with van der Waals surface area (Å²) in [6.45, 7) is 2.08. The van der Waals surface area contributed by atoms with Crippen LogP contribution in [0.15, 0.2) is 12.4 Å². The van der Waals surface area contributed by atoms with Gasteiger partial charge in [-0.3, -0.25) is 9.99 Å². The lowest BCUT2D eigenvalue weighted by Gasteiger charge is -2.14. The van der Waals surface area contributed by atoms with Crippen LogP contribution < -0.4 is 11.3 Å². The molecule has 4 rings (SSSR count). The van der Waals surface area contributed by atoms with Gasteiger partial charge in [-0.2, -0.15) is 4.98 Å². The third kappa shape index (κ3) is 2.00. The number of hydrogen-bond acceptors (Lipinski definition) is 6. The second-order valence-corrected chi connectivity index (χ2v) is 6.54. The largest absolute Gasteiger partial charge is 0.292 e. The van der Waals surface area contributed by atoms with E-state index in [0.29, 0.717) is 5.95 Å². The fourth-order valence-electron chi connectivity index (χ4n) is 2.93. The number of rotatable bonds is 2. The van der Waals surface area contributed by atoms with E-state index in [1.54, 1.807) is 11.3 Å². The summed E-state index contributed by atoms with van der Waals surface area (Å²) >= 11 is 1.65. The topological polar surface area (TPSA) is 81.7 Å². The molecule has 6 nitrogen and oxygen atoms in total. The maximum atomic E-state index is 5.51. The average molecular weight is 300 g/mol. The Bertz CT molecular complexity index is 818. The molecular weight excluding hydrogens is 284 g/mol. The molecule has 3 heterocycles. The van der Waals surface area contributed by atoms with Crippen molar-refractivity contribution in [3.05, 3.63) is 28.7 Å². The zero-order chi connectivity index (χ0) is 14.4. The number of thiophene rings is 1. The minimum absolute atomic E-state index is 0.442. The highest BCUT2D eigenvalue weighted by atomic mass is 32.1. The standard InChI is InChI=1S/C14H16N6S/c1-8-6-9-12(17-14(19-15)18-13(9)21-8)20-7-16-10-4-2-3-5-11(10)20/h6-7H,2-5,15H2,1H3,(H,17,18,19). The third-order valence-corrected chi connectivity index (χ3v) is 4.83. The van der Waals surface area contributed by atoms with Gasteiger partial charge in [0.15, 0.2) is 5.82 Å². The maximum absolute atomic E-state index is 5.51. The number of nitrogen functional groups attached to an aromatic ring is 1. The quantitative estimate of drug-likeness (QED) is 0.561. The van der Waals surface area contributed by atoms with E-state index in [1.807, 2.05) is 6.33 Å². The van der Waals surface area contributed by atoms with Gasteiger partial charge in [-0.25, -0.2) is 15.8 Å². The van der Waals surface area contributed by atoms with Crippen molar-refractivity contribution in [2.75, 3.05) is 5.43 Å². The molecule has 0 fully saturated rings. The first-order chi connectivity index (χ1) is 10.3. The van der Waals surface area contributed by atoms with Crippen LogP contribution in [0.1, 0.15) is 29.1 Å². The van der Waals surface area contributed by atoms with E-state index >= 15 is 0 Å². The summed E-state index contributed by atoms with van der Waals surface area (Å²) in [6.07, 6.45) is 6.41. The van der Waals surface area contributed by atoms with Crippen LogP contribution in [0.2, 0.25) is 0 Å². The van der Waals surface area contributed by atoms with Gasteiger partial charge in [0.25, 0.3) is 0 Å². The summed E-state index contributed by atoms with van der Waals surface area (Å²) < 4.78 is 2.10. The fourth-order valence-corrected chi connectivity index (χ4v) is 3.80. The Kier molecular flexibility index (Phi) is 2.90. The Hall–Kier alpha value is -1.99. The molecule has 0 radical (unpaired) electrons. The molecule has 0 aromatic carbocycles. The predicted octanol–water partition coefficient (Wildman–Crippen LogP) is 2.35. The molecule has 21 heavy (non-hydrogen) atoms. The Morgan fingerprint density at radius 1 is 1.29 bits per heavy atom. The van der Waals surface area contributed by atoms with Gasteiger partial charge in [0.2, 0.25) is 5.95 Å². The second kappa shape index (κ2) is 4.78. The van der Waals surface area contributed by atoms with Crippen LogP contribution >= 0.6 is 11.3 Å². The highest BCUT2D eigenvalue weighted by Gasteiger charge is 2.19. The molecule has 108 valence electrons. The van der Waals surface area contributed by atoms with E-state index in [-0.39, 0.29) is 0 Å². The summed E-state index contributed by atoms with van der Waals surface area (Å²) in [6, 6.07) is 2.13. The number of nitrogens with two attached hydrogens (primary N) is 1. The van der Waals surface area contributed by atoms with Crippen LogP contribution in [-0.2, 0) is 12.8 Å². The molecule has 0 amide bonds. The van der Waals surface area contributed by atoms with E-state index < -0.39 is 0 Å². The molecule has 0 saturated heterocycles. The number of nitrogens with zero attached hydrogens (tertiary/aromatic N) is 4. The molecule has 3 aromatic rings. The molecule has 7 heteroatoms. The molecule has 0 bridgehead atoms. The van der Waals surface area contributed by atoms with Gasteiger partial charge in [0.05, 0.1) is 11.1 Å². The molecule has 1 aliphatic rings. The van der Waals surface area contributed by atoms with Crippen molar-refractivity contribution in [3.8, 4) is 5.82 Å². The highest BCUT2D eigenvalue weighted by Crippen LogP contribution is 2.31. The van der Waals surface area contributed by atoms with Crippen LogP contribution in [0.25, 0.3) is 16.0 Å². The van der Waals surface area contributed by atoms with E-state index in [1.165, 1.54) is 29.1 Å². The van der Waals surface area contributed by atoms with Crippen molar-refractivity contribution < 1.29 is 0 Å². The molecule has 0 spiro atoms. The minimum Gasteiger partial charge on any atom is -0.292 e. The van der Waals surface area contributed by atoms with Crippen LogP contribution in [0.3, 0.4) is 0 Å².